The van der Waals surface area contributed by atoms with Gasteiger partial charge in [0.05, 0.1) is 28.5 Å². The number of allylic oxidation sites excluding steroid dienone is 1. The van der Waals surface area contributed by atoms with Crippen LogP contribution in [0.2, 0.25) is 0 Å². The van der Waals surface area contributed by atoms with Crippen molar-refractivity contribution in [2.75, 3.05) is 6.61 Å². The molecule has 0 saturated carbocycles. The number of hydrogen-bond donors (Lipinski definition) is 0. The minimum absolute atomic E-state index is 0.187. The lowest BCUT2D eigenvalue weighted by Gasteiger charge is -2.24. The van der Waals surface area contributed by atoms with E-state index in [4.69, 9.17) is 9.73 Å². The van der Waals surface area contributed by atoms with Crippen LogP contribution >= 0.6 is 27.3 Å². The first-order chi connectivity index (χ1) is 18.5. The maximum Gasteiger partial charge on any atom is 0.338 e. The van der Waals surface area contributed by atoms with E-state index in [1.807, 2.05) is 54.6 Å². The van der Waals surface area contributed by atoms with Gasteiger partial charge in [-0.25, -0.2) is 9.79 Å². The molecule has 0 bridgehead atoms. The summed E-state index contributed by atoms with van der Waals surface area (Å²) in [7, 11) is 0. The zero-order chi connectivity index (χ0) is 26.4. The fourth-order valence-corrected chi connectivity index (χ4v) is 6.38. The van der Waals surface area contributed by atoms with Crippen LogP contribution in [0.5, 0.6) is 0 Å². The molecule has 1 aliphatic rings. The first kappa shape index (κ1) is 24.5. The summed E-state index contributed by atoms with van der Waals surface area (Å²) in [6, 6.07) is 25.6. The molecular formula is C31H23BrN2O3S. The highest BCUT2D eigenvalue weighted by Crippen LogP contribution is 2.32. The number of esters is 1. The van der Waals surface area contributed by atoms with Gasteiger partial charge < -0.3 is 4.74 Å². The van der Waals surface area contributed by atoms with Gasteiger partial charge in [0, 0.05) is 4.47 Å². The molecule has 1 aliphatic heterocycles. The lowest BCUT2D eigenvalue weighted by Crippen LogP contribution is -2.39. The van der Waals surface area contributed by atoms with E-state index in [1.54, 1.807) is 18.4 Å². The number of carbonyl (C=O) groups is 1. The highest BCUT2D eigenvalue weighted by atomic mass is 79.9. The third-order valence-corrected chi connectivity index (χ3v) is 8.30. The van der Waals surface area contributed by atoms with Gasteiger partial charge in [-0.3, -0.25) is 9.36 Å². The van der Waals surface area contributed by atoms with E-state index < -0.39 is 12.0 Å². The minimum Gasteiger partial charge on any atom is -0.463 e. The van der Waals surface area contributed by atoms with Gasteiger partial charge in [-0.15, -0.1) is 0 Å². The van der Waals surface area contributed by atoms with E-state index in [0.717, 1.165) is 37.1 Å². The molecule has 5 aromatic rings. The van der Waals surface area contributed by atoms with E-state index in [0.29, 0.717) is 20.6 Å². The molecule has 4 aromatic carbocycles. The van der Waals surface area contributed by atoms with Crippen LogP contribution in [0.25, 0.3) is 27.6 Å². The Hall–Kier alpha value is -3.81. The Kier molecular flexibility index (Phi) is 6.33. The number of fused-ring (bicyclic) bond motifs is 3. The van der Waals surface area contributed by atoms with E-state index in [1.165, 1.54) is 11.3 Å². The highest BCUT2D eigenvalue weighted by Gasteiger charge is 2.33. The van der Waals surface area contributed by atoms with Crippen molar-refractivity contribution in [2.24, 2.45) is 4.99 Å². The van der Waals surface area contributed by atoms with Crippen molar-refractivity contribution < 1.29 is 9.53 Å². The number of aromatic nitrogens is 1. The molecule has 188 valence electrons. The number of ether oxygens (including phenoxy) is 1. The van der Waals surface area contributed by atoms with Crippen molar-refractivity contribution in [1.29, 1.82) is 0 Å². The fraction of sp³-hybridized carbons (Fsp3) is 0.129. The molecule has 5 nitrogen and oxygen atoms in total. The van der Waals surface area contributed by atoms with Crippen LogP contribution < -0.4 is 14.9 Å². The van der Waals surface area contributed by atoms with Gasteiger partial charge in [0.2, 0.25) is 0 Å². The number of halogens is 1. The minimum atomic E-state index is -0.634. The van der Waals surface area contributed by atoms with Gasteiger partial charge in [0.25, 0.3) is 5.56 Å². The SMILES string of the molecule is CCOC(=O)C1=C(C)N=c2s/c(=C/c3c4ccccc4cc4ccccc34)c(=O)n2[C@H]1c1ccc(Br)cc1. The number of carbonyl (C=O) groups excluding carboxylic acids is 1. The number of rotatable bonds is 4. The van der Waals surface area contributed by atoms with Gasteiger partial charge in [0.15, 0.2) is 4.80 Å². The first-order valence-electron chi connectivity index (χ1n) is 12.3. The van der Waals surface area contributed by atoms with Gasteiger partial charge >= 0.3 is 5.97 Å². The quantitative estimate of drug-likeness (QED) is 0.197. The van der Waals surface area contributed by atoms with E-state index in [9.17, 15) is 9.59 Å². The molecule has 2 heterocycles. The van der Waals surface area contributed by atoms with E-state index >= 15 is 0 Å². The van der Waals surface area contributed by atoms with Crippen LogP contribution in [0, 0.1) is 0 Å². The second kappa shape index (κ2) is 9.82. The average Bonchev–Trinajstić information content (AvgIpc) is 3.22. The summed E-state index contributed by atoms with van der Waals surface area (Å²) < 4.78 is 8.50. The largest absolute Gasteiger partial charge is 0.463 e. The zero-order valence-corrected chi connectivity index (χ0v) is 23.2. The van der Waals surface area contributed by atoms with Crippen molar-refractivity contribution in [2.45, 2.75) is 19.9 Å². The number of nitrogens with zero attached hydrogens (tertiary/aromatic N) is 2. The number of thiazole rings is 1. The van der Waals surface area contributed by atoms with Gasteiger partial charge in [-0.2, -0.15) is 0 Å². The maximum absolute atomic E-state index is 14.1. The molecule has 38 heavy (non-hydrogen) atoms. The molecule has 6 rings (SSSR count). The van der Waals surface area contributed by atoms with Crippen molar-refractivity contribution >= 4 is 60.9 Å². The molecule has 7 heteroatoms. The first-order valence-corrected chi connectivity index (χ1v) is 13.9. The van der Waals surface area contributed by atoms with Crippen LogP contribution in [-0.4, -0.2) is 17.1 Å². The molecule has 0 radical (unpaired) electrons. The van der Waals surface area contributed by atoms with Crippen molar-refractivity contribution in [1.82, 2.24) is 4.57 Å². The van der Waals surface area contributed by atoms with Gasteiger partial charge in [-0.1, -0.05) is 87.9 Å². The van der Waals surface area contributed by atoms with Gasteiger partial charge in [0.1, 0.15) is 0 Å². The molecule has 0 aliphatic carbocycles. The normalized spacial score (nSPS) is 15.6. The predicted molar refractivity (Wildman–Crippen MR) is 156 cm³/mol. The summed E-state index contributed by atoms with van der Waals surface area (Å²) in [5.41, 5.74) is 2.55. The lowest BCUT2D eigenvalue weighted by molar-refractivity contribution is -0.139. The Labute approximate surface area is 231 Å². The van der Waals surface area contributed by atoms with Crippen LogP contribution in [0.3, 0.4) is 0 Å². The maximum atomic E-state index is 14.1. The Bertz CT molecular complexity index is 1900. The standard InChI is InChI=1S/C31H23BrN2O3S/c1-3-37-30(36)27-18(2)33-31-34(28(27)19-12-14-22(32)15-13-19)29(35)26(38-31)17-25-23-10-6-4-8-20(23)16-21-9-5-7-11-24(21)25/h4-17,28H,3H2,1-2H3/b26-17+/t28-/m0/s1. The van der Waals surface area contributed by atoms with Crippen molar-refractivity contribution in [3.8, 4) is 0 Å². The average molecular weight is 584 g/mol. The molecule has 1 aromatic heterocycles. The Morgan fingerprint density at radius 1 is 1.03 bits per heavy atom. The molecule has 0 fully saturated rings. The molecular weight excluding hydrogens is 560 g/mol. The second-order valence-corrected chi connectivity index (χ2v) is 11.0. The molecule has 0 saturated heterocycles. The summed E-state index contributed by atoms with van der Waals surface area (Å²) in [6.07, 6.45) is 1.97. The van der Waals surface area contributed by atoms with Gasteiger partial charge in [-0.05, 0) is 70.8 Å². The second-order valence-electron chi connectivity index (χ2n) is 9.09. The van der Waals surface area contributed by atoms with Crippen molar-refractivity contribution in [3.63, 3.8) is 0 Å². The van der Waals surface area contributed by atoms with Crippen LogP contribution in [-0.2, 0) is 9.53 Å². The van der Waals surface area contributed by atoms with Crippen LogP contribution in [0.1, 0.15) is 31.0 Å². The van der Waals surface area contributed by atoms with E-state index in [-0.39, 0.29) is 12.2 Å². The topological polar surface area (TPSA) is 60.7 Å². The summed E-state index contributed by atoms with van der Waals surface area (Å²) in [5, 5.41) is 4.37. The highest BCUT2D eigenvalue weighted by molar-refractivity contribution is 9.10. The molecule has 0 unspecified atom stereocenters. The van der Waals surface area contributed by atoms with Crippen molar-refractivity contribution in [3.05, 3.63) is 125 Å². The summed E-state index contributed by atoms with van der Waals surface area (Å²) in [5.74, 6) is -0.462. The van der Waals surface area contributed by atoms with Crippen LogP contribution in [0.4, 0.5) is 0 Å². The predicted octanol–water partition coefficient (Wildman–Crippen LogP) is 5.87. The third kappa shape index (κ3) is 4.12. The Morgan fingerprint density at radius 3 is 2.29 bits per heavy atom. The lowest BCUT2D eigenvalue weighted by atomic mass is 9.96. The number of hydrogen-bond acceptors (Lipinski definition) is 5. The Morgan fingerprint density at radius 2 is 1.66 bits per heavy atom. The summed E-state index contributed by atoms with van der Waals surface area (Å²) in [6.45, 7) is 3.81. The number of benzene rings is 4. The third-order valence-electron chi connectivity index (χ3n) is 6.79. The molecule has 0 spiro atoms. The molecule has 0 amide bonds. The smallest absolute Gasteiger partial charge is 0.338 e. The van der Waals surface area contributed by atoms with Crippen LogP contribution in [0.15, 0.2) is 104 Å². The molecule has 0 N–H and O–H groups in total. The zero-order valence-electron chi connectivity index (χ0n) is 20.8. The Balaban J connectivity index is 1.64. The monoisotopic (exact) mass is 582 g/mol. The fourth-order valence-electron chi connectivity index (χ4n) is 5.09. The van der Waals surface area contributed by atoms with E-state index in [2.05, 4.69) is 46.3 Å². The summed E-state index contributed by atoms with van der Waals surface area (Å²) >= 11 is 4.82. The summed E-state index contributed by atoms with van der Waals surface area (Å²) in [4.78, 5) is 32.4. The molecule has 1 atom stereocenters.